The zero-order valence-corrected chi connectivity index (χ0v) is 11.8. The molecule has 3 rings (SSSR count). The van der Waals surface area contributed by atoms with E-state index < -0.39 is 11.6 Å². The minimum atomic E-state index is -1.54. The molecule has 5 heteroatoms. The minimum Gasteiger partial charge on any atom is -0.308 e. The number of hydrogen-bond donors (Lipinski definition) is 1. The molecular formula is C16H14N2O3. The van der Waals surface area contributed by atoms with E-state index in [2.05, 4.69) is 11.9 Å². The number of Topliss-reactive ketones (excluding diaryl/α,β-unsaturated/α-hetero) is 2. The summed E-state index contributed by atoms with van der Waals surface area (Å²) in [5.41, 5.74) is 0.501. The first kappa shape index (κ1) is 13.3. The molecule has 0 bridgehead atoms. The molecule has 2 aliphatic rings. The smallest absolute Gasteiger partial charge is 0.308 e. The van der Waals surface area contributed by atoms with Gasteiger partial charge in [-0.2, -0.15) is 0 Å². The van der Waals surface area contributed by atoms with Crippen LogP contribution in [0.4, 0.5) is 4.79 Å². The Kier molecular flexibility index (Phi) is 2.63. The highest BCUT2D eigenvalue weighted by Crippen LogP contribution is 2.36. The standard InChI is InChI=1S/C16H14N2O3/c1-9-4-5-11-12(8-9)14(20)16(3,13(11)19)18-7-6-10(2)17-15(18)21/h4-8H,2H2,1,3H3,(H,17,21). The second-order valence-corrected chi connectivity index (χ2v) is 5.42. The van der Waals surface area contributed by atoms with Crippen LogP contribution in [0.3, 0.4) is 0 Å². The van der Waals surface area contributed by atoms with E-state index in [1.807, 2.05) is 6.92 Å². The monoisotopic (exact) mass is 282 g/mol. The normalized spacial score (nSPS) is 24.4. The maximum Gasteiger partial charge on any atom is 0.327 e. The van der Waals surface area contributed by atoms with E-state index in [1.54, 1.807) is 24.3 Å². The lowest BCUT2D eigenvalue weighted by atomic mass is 9.93. The van der Waals surface area contributed by atoms with Gasteiger partial charge >= 0.3 is 6.03 Å². The van der Waals surface area contributed by atoms with Crippen LogP contribution in [-0.4, -0.2) is 28.0 Å². The summed E-state index contributed by atoms with van der Waals surface area (Å²) in [5.74, 6) is -0.728. The number of ketones is 2. The van der Waals surface area contributed by atoms with E-state index in [1.165, 1.54) is 13.1 Å². The van der Waals surface area contributed by atoms with Crippen molar-refractivity contribution >= 4 is 17.6 Å². The first-order valence-electron chi connectivity index (χ1n) is 6.53. The number of amides is 2. The van der Waals surface area contributed by atoms with E-state index in [0.717, 1.165) is 10.5 Å². The number of carbonyl (C=O) groups is 3. The van der Waals surface area contributed by atoms with E-state index in [9.17, 15) is 14.4 Å². The van der Waals surface area contributed by atoms with E-state index in [-0.39, 0.29) is 11.6 Å². The van der Waals surface area contributed by atoms with Gasteiger partial charge in [-0.25, -0.2) is 4.79 Å². The highest BCUT2D eigenvalue weighted by molar-refractivity contribution is 6.33. The van der Waals surface area contributed by atoms with Crippen LogP contribution in [0, 0.1) is 6.92 Å². The summed E-state index contributed by atoms with van der Waals surface area (Å²) in [5, 5.41) is 2.51. The lowest BCUT2D eigenvalue weighted by Gasteiger charge is -2.34. The number of benzene rings is 1. The molecule has 1 aliphatic carbocycles. The van der Waals surface area contributed by atoms with Crippen molar-refractivity contribution in [2.75, 3.05) is 0 Å². The Bertz CT molecular complexity index is 748. The van der Waals surface area contributed by atoms with Gasteiger partial charge in [0.1, 0.15) is 0 Å². The molecular weight excluding hydrogens is 268 g/mol. The van der Waals surface area contributed by atoms with Gasteiger partial charge in [0.25, 0.3) is 0 Å². The molecule has 106 valence electrons. The topological polar surface area (TPSA) is 66.5 Å². The van der Waals surface area contributed by atoms with E-state index >= 15 is 0 Å². The third-order valence-electron chi connectivity index (χ3n) is 3.94. The zero-order chi connectivity index (χ0) is 15.4. The fourth-order valence-corrected chi connectivity index (χ4v) is 2.71. The predicted octanol–water partition coefficient (Wildman–Crippen LogP) is 2.19. The molecule has 0 aromatic heterocycles. The lowest BCUT2D eigenvalue weighted by Crippen LogP contribution is -2.58. The molecule has 0 fully saturated rings. The minimum absolute atomic E-state index is 0.360. The molecule has 0 saturated heterocycles. The van der Waals surface area contributed by atoms with Crippen LogP contribution in [-0.2, 0) is 0 Å². The highest BCUT2D eigenvalue weighted by Gasteiger charge is 2.55. The van der Waals surface area contributed by atoms with Crippen molar-refractivity contribution in [3.8, 4) is 0 Å². The third-order valence-corrected chi connectivity index (χ3v) is 3.94. The molecule has 21 heavy (non-hydrogen) atoms. The molecule has 1 unspecified atom stereocenters. The summed E-state index contributed by atoms with van der Waals surface area (Å²) >= 11 is 0. The van der Waals surface area contributed by atoms with Gasteiger partial charge in [-0.05, 0) is 26.0 Å². The summed E-state index contributed by atoms with van der Waals surface area (Å²) in [6.45, 7) is 6.95. The highest BCUT2D eigenvalue weighted by atomic mass is 16.2. The van der Waals surface area contributed by atoms with Crippen LogP contribution in [0.2, 0.25) is 0 Å². The van der Waals surface area contributed by atoms with Crippen molar-refractivity contribution < 1.29 is 14.4 Å². The van der Waals surface area contributed by atoms with Gasteiger partial charge < -0.3 is 5.32 Å². The third kappa shape index (κ3) is 1.67. The summed E-state index contributed by atoms with van der Waals surface area (Å²) in [6.07, 6.45) is 2.98. The second-order valence-electron chi connectivity index (χ2n) is 5.42. The average molecular weight is 282 g/mol. The van der Waals surface area contributed by atoms with Crippen LogP contribution >= 0.6 is 0 Å². The summed E-state index contributed by atoms with van der Waals surface area (Å²) < 4.78 is 0. The number of nitrogens with one attached hydrogen (secondary N) is 1. The zero-order valence-electron chi connectivity index (χ0n) is 11.8. The first-order chi connectivity index (χ1) is 9.85. The Morgan fingerprint density at radius 3 is 2.48 bits per heavy atom. The number of urea groups is 1. The predicted molar refractivity (Wildman–Crippen MR) is 76.9 cm³/mol. The Hall–Kier alpha value is -2.69. The first-order valence-corrected chi connectivity index (χ1v) is 6.53. The molecule has 1 atom stereocenters. The fourth-order valence-electron chi connectivity index (χ4n) is 2.71. The molecule has 0 saturated carbocycles. The molecule has 0 radical (unpaired) electrons. The summed E-state index contributed by atoms with van der Waals surface area (Å²) in [6, 6.07) is 4.58. The molecule has 2 amide bonds. The van der Waals surface area contributed by atoms with E-state index in [0.29, 0.717) is 16.8 Å². The number of nitrogens with zero attached hydrogens (tertiary/aromatic N) is 1. The molecule has 1 aliphatic heterocycles. The Morgan fingerprint density at radius 2 is 1.81 bits per heavy atom. The van der Waals surface area contributed by atoms with Gasteiger partial charge in [-0.15, -0.1) is 0 Å². The number of fused-ring (bicyclic) bond motifs is 1. The Labute approximate surface area is 121 Å². The number of hydrogen-bond acceptors (Lipinski definition) is 3. The van der Waals surface area contributed by atoms with Gasteiger partial charge in [0.05, 0.1) is 0 Å². The number of carbonyl (C=O) groups excluding carboxylic acids is 3. The Morgan fingerprint density at radius 1 is 1.14 bits per heavy atom. The van der Waals surface area contributed by atoms with Crippen molar-refractivity contribution in [3.05, 3.63) is 59.4 Å². The van der Waals surface area contributed by atoms with E-state index in [4.69, 9.17) is 0 Å². The largest absolute Gasteiger partial charge is 0.327 e. The maximum atomic E-state index is 12.7. The van der Waals surface area contributed by atoms with Crippen molar-refractivity contribution in [1.82, 2.24) is 10.2 Å². The van der Waals surface area contributed by atoms with Gasteiger partial charge in [0, 0.05) is 23.0 Å². The lowest BCUT2D eigenvalue weighted by molar-refractivity contribution is 0.0665. The summed E-state index contributed by atoms with van der Waals surface area (Å²) in [4.78, 5) is 38.6. The van der Waals surface area contributed by atoms with Crippen molar-refractivity contribution in [2.24, 2.45) is 0 Å². The van der Waals surface area contributed by atoms with Crippen LogP contribution in [0.1, 0.15) is 33.2 Å². The van der Waals surface area contributed by atoms with Crippen molar-refractivity contribution in [1.29, 1.82) is 0 Å². The molecule has 1 aromatic rings. The van der Waals surface area contributed by atoms with Gasteiger partial charge in [-0.1, -0.05) is 24.3 Å². The van der Waals surface area contributed by atoms with Gasteiger partial charge in [0.15, 0.2) is 17.1 Å². The number of allylic oxidation sites excluding steroid dienone is 1. The second kappa shape index (κ2) is 4.15. The van der Waals surface area contributed by atoms with Crippen LogP contribution in [0.15, 0.2) is 42.8 Å². The fraction of sp³-hybridized carbons (Fsp3) is 0.188. The molecule has 1 heterocycles. The molecule has 1 N–H and O–H groups in total. The SMILES string of the molecule is C=C1C=CN(C2(C)C(=O)c3ccc(C)cc3C2=O)C(=O)N1. The van der Waals surface area contributed by atoms with Crippen LogP contribution in [0.5, 0.6) is 0 Å². The quantitative estimate of drug-likeness (QED) is 0.803. The van der Waals surface area contributed by atoms with Crippen molar-refractivity contribution in [2.45, 2.75) is 19.4 Å². The number of aryl methyl sites for hydroxylation is 1. The van der Waals surface area contributed by atoms with Gasteiger partial charge in [-0.3, -0.25) is 14.5 Å². The molecule has 0 spiro atoms. The summed E-state index contributed by atoms with van der Waals surface area (Å²) in [7, 11) is 0. The average Bonchev–Trinajstić information content (AvgIpc) is 2.61. The molecule has 5 nitrogen and oxygen atoms in total. The van der Waals surface area contributed by atoms with Crippen molar-refractivity contribution in [3.63, 3.8) is 0 Å². The van der Waals surface area contributed by atoms with Crippen LogP contribution in [0.25, 0.3) is 0 Å². The Balaban J connectivity index is 2.14. The van der Waals surface area contributed by atoms with Crippen LogP contribution < -0.4 is 5.32 Å². The number of rotatable bonds is 1. The molecule has 1 aromatic carbocycles. The maximum absolute atomic E-state index is 12.7. The van der Waals surface area contributed by atoms with Gasteiger partial charge in [0.2, 0.25) is 0 Å².